The fourth-order valence-electron chi connectivity index (χ4n) is 3.76. The van der Waals surface area contributed by atoms with Crippen molar-refractivity contribution in [2.24, 2.45) is 0 Å². The van der Waals surface area contributed by atoms with Gasteiger partial charge in [0, 0.05) is 22.1 Å². The first-order valence-electron chi connectivity index (χ1n) is 10.3. The highest BCUT2D eigenvalue weighted by molar-refractivity contribution is 6.30. The van der Waals surface area contributed by atoms with E-state index in [9.17, 15) is 9.59 Å². The van der Waals surface area contributed by atoms with E-state index in [1.807, 2.05) is 50.5 Å². The van der Waals surface area contributed by atoms with E-state index in [4.69, 9.17) is 21.1 Å². The number of aryl methyl sites for hydroxylation is 3. The highest BCUT2D eigenvalue weighted by Crippen LogP contribution is 2.31. The minimum atomic E-state index is -0.569. The Kier molecular flexibility index (Phi) is 7.26. The predicted molar refractivity (Wildman–Crippen MR) is 126 cm³/mol. The van der Waals surface area contributed by atoms with Crippen LogP contribution in [0.3, 0.4) is 0 Å². The summed E-state index contributed by atoms with van der Waals surface area (Å²) in [5.74, 6) is -0.325. The molecule has 0 atom stereocenters. The summed E-state index contributed by atoms with van der Waals surface area (Å²) in [5.41, 5.74) is 5.34. The maximum absolute atomic E-state index is 12.8. The molecule has 0 spiro atoms. The lowest BCUT2D eigenvalue weighted by molar-refractivity contribution is -0.119. The molecule has 0 aliphatic rings. The molecular formula is C25H27ClN2O4. The summed E-state index contributed by atoms with van der Waals surface area (Å²) in [4.78, 5) is 25.2. The minimum Gasteiger partial charge on any atom is -0.495 e. The second kappa shape index (κ2) is 9.92. The van der Waals surface area contributed by atoms with Crippen molar-refractivity contribution in [3.05, 3.63) is 75.6 Å². The number of hydrogen-bond donors (Lipinski definition) is 1. The van der Waals surface area contributed by atoms with Crippen molar-refractivity contribution in [1.82, 2.24) is 4.57 Å². The van der Waals surface area contributed by atoms with Crippen molar-refractivity contribution in [1.29, 1.82) is 0 Å². The largest absolute Gasteiger partial charge is 0.495 e. The quantitative estimate of drug-likeness (QED) is 0.484. The van der Waals surface area contributed by atoms with Gasteiger partial charge in [0.15, 0.2) is 6.61 Å². The molecule has 3 rings (SSSR count). The molecule has 6 nitrogen and oxygen atoms in total. The number of ether oxygens (including phenoxy) is 2. The average Bonchev–Trinajstić information content (AvgIpc) is 3.07. The number of nitrogens with zero attached hydrogens (tertiary/aromatic N) is 1. The molecule has 32 heavy (non-hydrogen) atoms. The van der Waals surface area contributed by atoms with Gasteiger partial charge in [-0.2, -0.15) is 0 Å². The lowest BCUT2D eigenvalue weighted by atomic mass is 10.1. The Morgan fingerprint density at radius 2 is 1.84 bits per heavy atom. The predicted octanol–water partition coefficient (Wildman–Crippen LogP) is 5.42. The molecule has 168 valence electrons. The van der Waals surface area contributed by atoms with E-state index < -0.39 is 5.97 Å². The molecule has 0 aliphatic heterocycles. The summed E-state index contributed by atoms with van der Waals surface area (Å²) in [7, 11) is 1.58. The molecule has 7 heteroatoms. The van der Waals surface area contributed by atoms with Crippen molar-refractivity contribution in [2.75, 3.05) is 19.0 Å². The number of hydrogen-bond acceptors (Lipinski definition) is 4. The number of benzene rings is 2. The number of para-hydroxylation sites is 1. The normalized spacial score (nSPS) is 10.7. The van der Waals surface area contributed by atoms with Crippen LogP contribution in [-0.4, -0.2) is 30.2 Å². The van der Waals surface area contributed by atoms with Crippen LogP contribution in [0.5, 0.6) is 5.75 Å². The van der Waals surface area contributed by atoms with Crippen LogP contribution in [0.15, 0.2) is 42.5 Å². The van der Waals surface area contributed by atoms with Crippen LogP contribution >= 0.6 is 11.6 Å². The molecular weight excluding hydrogens is 428 g/mol. The van der Waals surface area contributed by atoms with E-state index in [0.717, 1.165) is 34.6 Å². The molecule has 2 aromatic carbocycles. The van der Waals surface area contributed by atoms with Crippen molar-refractivity contribution < 1.29 is 19.1 Å². The number of nitrogens with one attached hydrogen (secondary N) is 1. The fraction of sp³-hybridized carbons (Fsp3) is 0.280. The first kappa shape index (κ1) is 23.4. The van der Waals surface area contributed by atoms with Crippen molar-refractivity contribution in [3.8, 4) is 11.4 Å². The number of aromatic nitrogens is 1. The van der Waals surface area contributed by atoms with E-state index in [1.54, 1.807) is 31.4 Å². The maximum Gasteiger partial charge on any atom is 0.340 e. The van der Waals surface area contributed by atoms with Crippen LogP contribution in [0.4, 0.5) is 5.69 Å². The first-order valence-corrected chi connectivity index (χ1v) is 10.7. The number of anilines is 1. The second-order valence-electron chi connectivity index (χ2n) is 7.52. The summed E-state index contributed by atoms with van der Waals surface area (Å²) in [6, 6.07) is 12.9. The number of halogens is 1. The summed E-state index contributed by atoms with van der Waals surface area (Å²) in [5, 5.41) is 3.41. The van der Waals surface area contributed by atoms with E-state index in [-0.39, 0.29) is 12.5 Å². The number of methoxy groups -OCH3 is 1. The van der Waals surface area contributed by atoms with Crippen LogP contribution in [0, 0.1) is 20.8 Å². The summed E-state index contributed by atoms with van der Waals surface area (Å²) in [6.07, 6.45) is 0.788. The zero-order valence-corrected chi connectivity index (χ0v) is 19.7. The monoisotopic (exact) mass is 454 g/mol. The summed E-state index contributed by atoms with van der Waals surface area (Å²) >= 11 is 6.18. The minimum absolute atomic E-state index is 0.375. The van der Waals surface area contributed by atoms with Gasteiger partial charge in [0.2, 0.25) is 0 Å². The molecule has 0 aliphatic carbocycles. The van der Waals surface area contributed by atoms with Gasteiger partial charge in [-0.25, -0.2) is 4.79 Å². The Hall–Kier alpha value is -3.25. The Labute approximate surface area is 193 Å². The molecule has 0 saturated carbocycles. The van der Waals surface area contributed by atoms with E-state index in [0.29, 0.717) is 22.0 Å². The Morgan fingerprint density at radius 3 is 2.53 bits per heavy atom. The molecule has 1 heterocycles. The summed E-state index contributed by atoms with van der Waals surface area (Å²) < 4.78 is 12.6. The Balaban J connectivity index is 1.77. The molecule has 0 bridgehead atoms. The van der Waals surface area contributed by atoms with Gasteiger partial charge in [-0.15, -0.1) is 0 Å². The topological polar surface area (TPSA) is 69.6 Å². The number of esters is 1. The van der Waals surface area contributed by atoms with Crippen LogP contribution in [0.2, 0.25) is 5.02 Å². The van der Waals surface area contributed by atoms with Gasteiger partial charge in [-0.05, 0) is 62.6 Å². The first-order chi connectivity index (χ1) is 15.3. The van der Waals surface area contributed by atoms with Gasteiger partial charge in [0.25, 0.3) is 5.91 Å². The van der Waals surface area contributed by atoms with Crippen molar-refractivity contribution in [2.45, 2.75) is 34.1 Å². The van der Waals surface area contributed by atoms with Crippen molar-refractivity contribution in [3.63, 3.8) is 0 Å². The van der Waals surface area contributed by atoms with Crippen LogP contribution in [0.25, 0.3) is 5.69 Å². The third-order valence-electron chi connectivity index (χ3n) is 5.37. The molecule has 3 aromatic rings. The SMILES string of the molecule is CCc1cccc(C)c1NC(=O)COC(=O)c1cc(C)n(-c2cc(Cl)ccc2OC)c1C. The average molecular weight is 455 g/mol. The van der Waals surface area contributed by atoms with Gasteiger partial charge in [-0.3, -0.25) is 4.79 Å². The smallest absolute Gasteiger partial charge is 0.340 e. The lowest BCUT2D eigenvalue weighted by Crippen LogP contribution is -2.22. The third-order valence-corrected chi connectivity index (χ3v) is 5.61. The van der Waals surface area contributed by atoms with E-state index >= 15 is 0 Å². The zero-order valence-electron chi connectivity index (χ0n) is 18.9. The summed E-state index contributed by atoms with van der Waals surface area (Å²) in [6.45, 7) is 7.27. The fourth-order valence-corrected chi connectivity index (χ4v) is 3.93. The zero-order chi connectivity index (χ0) is 23.4. The Bertz CT molecular complexity index is 1170. The Morgan fingerprint density at radius 1 is 1.09 bits per heavy atom. The maximum atomic E-state index is 12.8. The van der Waals surface area contributed by atoms with Crippen LogP contribution < -0.4 is 10.1 Å². The third kappa shape index (κ3) is 4.81. The highest BCUT2D eigenvalue weighted by atomic mass is 35.5. The number of amides is 1. The van der Waals surface area contributed by atoms with Gasteiger partial charge >= 0.3 is 5.97 Å². The molecule has 0 radical (unpaired) electrons. The van der Waals surface area contributed by atoms with Crippen molar-refractivity contribution >= 4 is 29.2 Å². The van der Waals surface area contributed by atoms with Crippen LogP contribution in [-0.2, 0) is 16.0 Å². The molecule has 0 fully saturated rings. The molecule has 0 unspecified atom stereocenters. The standard InChI is InChI=1S/C25H27ClN2O4/c1-6-18-9-7-8-15(2)24(18)27-23(29)14-32-25(30)20-12-16(3)28(17(20)4)21-13-19(26)10-11-22(21)31-5/h7-13H,6,14H2,1-5H3,(H,27,29). The van der Waals surface area contributed by atoms with Gasteiger partial charge in [0.1, 0.15) is 5.75 Å². The number of rotatable bonds is 7. The number of carbonyl (C=O) groups is 2. The molecule has 0 saturated heterocycles. The van der Waals surface area contributed by atoms with E-state index in [1.165, 1.54) is 0 Å². The molecule has 1 aromatic heterocycles. The van der Waals surface area contributed by atoms with Gasteiger partial charge < -0.3 is 19.4 Å². The lowest BCUT2D eigenvalue weighted by Gasteiger charge is -2.14. The highest BCUT2D eigenvalue weighted by Gasteiger charge is 2.21. The molecule has 1 N–H and O–H groups in total. The van der Waals surface area contributed by atoms with Crippen LogP contribution in [0.1, 0.15) is 39.8 Å². The van der Waals surface area contributed by atoms with Gasteiger partial charge in [-0.1, -0.05) is 36.7 Å². The van der Waals surface area contributed by atoms with Gasteiger partial charge in [0.05, 0.1) is 18.4 Å². The second-order valence-corrected chi connectivity index (χ2v) is 7.96. The number of carbonyl (C=O) groups excluding carboxylic acids is 2. The van der Waals surface area contributed by atoms with E-state index in [2.05, 4.69) is 5.32 Å². The molecule has 1 amide bonds.